The maximum absolute atomic E-state index is 10.8. The third kappa shape index (κ3) is 1.71. The van der Waals surface area contributed by atoms with Gasteiger partial charge in [-0.15, -0.1) is 11.3 Å². The number of carboxylic acid groups (broad SMARTS) is 1. The lowest BCUT2D eigenvalue weighted by Gasteiger charge is -1.98. The van der Waals surface area contributed by atoms with E-state index >= 15 is 0 Å². The lowest BCUT2D eigenvalue weighted by Crippen LogP contribution is -1.99. The van der Waals surface area contributed by atoms with E-state index < -0.39 is 5.97 Å². The van der Waals surface area contributed by atoms with Crippen molar-refractivity contribution < 1.29 is 19.4 Å². The van der Waals surface area contributed by atoms with Gasteiger partial charge in [-0.05, 0) is 17.7 Å². The smallest absolute Gasteiger partial charge is 0.307 e. The average Bonchev–Trinajstić information content (AvgIpc) is 2.97. The molecule has 20 heavy (non-hydrogen) atoms. The largest absolute Gasteiger partial charge is 0.481 e. The standard InChI is InChI=1S/C15H10O4S/c16-15(17)4-8-1-2-9-10-5-11-12(19-7-18-11)6-14(10)20-13(9)3-8/h1-3,5-6H,4,7H2,(H,16,17). The van der Waals surface area contributed by atoms with Gasteiger partial charge in [-0.2, -0.15) is 0 Å². The van der Waals surface area contributed by atoms with E-state index in [1.54, 1.807) is 11.3 Å². The van der Waals surface area contributed by atoms with Gasteiger partial charge in [0, 0.05) is 26.2 Å². The fraction of sp³-hybridized carbons (Fsp3) is 0.133. The number of hydrogen-bond donors (Lipinski definition) is 1. The van der Waals surface area contributed by atoms with Gasteiger partial charge in [-0.25, -0.2) is 0 Å². The predicted octanol–water partition coefficient (Wildman–Crippen LogP) is 3.41. The molecule has 0 radical (unpaired) electrons. The molecule has 1 aliphatic rings. The topological polar surface area (TPSA) is 55.8 Å². The second-order valence-electron chi connectivity index (χ2n) is 4.70. The summed E-state index contributed by atoms with van der Waals surface area (Å²) in [4.78, 5) is 10.8. The molecule has 5 heteroatoms. The highest BCUT2D eigenvalue weighted by molar-refractivity contribution is 7.25. The van der Waals surface area contributed by atoms with E-state index in [9.17, 15) is 4.79 Å². The second kappa shape index (κ2) is 4.11. The van der Waals surface area contributed by atoms with Gasteiger partial charge in [0.25, 0.3) is 0 Å². The maximum atomic E-state index is 10.8. The molecule has 1 aliphatic heterocycles. The van der Waals surface area contributed by atoms with Crippen LogP contribution in [0.4, 0.5) is 0 Å². The van der Waals surface area contributed by atoms with Crippen molar-refractivity contribution >= 4 is 37.5 Å². The maximum Gasteiger partial charge on any atom is 0.307 e. The summed E-state index contributed by atoms with van der Waals surface area (Å²) in [7, 11) is 0. The van der Waals surface area contributed by atoms with Crippen molar-refractivity contribution in [3.05, 3.63) is 35.9 Å². The first-order valence-corrected chi connectivity index (χ1v) is 6.99. The zero-order valence-corrected chi connectivity index (χ0v) is 11.2. The first-order chi connectivity index (χ1) is 9.70. The van der Waals surface area contributed by atoms with Gasteiger partial charge in [0.1, 0.15) is 0 Å². The minimum absolute atomic E-state index is 0.0485. The summed E-state index contributed by atoms with van der Waals surface area (Å²) in [6, 6.07) is 9.77. The Morgan fingerprint density at radius 3 is 2.65 bits per heavy atom. The summed E-state index contributed by atoms with van der Waals surface area (Å²) in [5, 5.41) is 11.1. The number of hydrogen-bond acceptors (Lipinski definition) is 4. The van der Waals surface area contributed by atoms with Crippen LogP contribution < -0.4 is 9.47 Å². The van der Waals surface area contributed by atoms with E-state index in [4.69, 9.17) is 14.6 Å². The van der Waals surface area contributed by atoms with Crippen molar-refractivity contribution in [3.63, 3.8) is 0 Å². The van der Waals surface area contributed by atoms with Crippen LogP contribution in [0.5, 0.6) is 11.5 Å². The Labute approximate surface area is 118 Å². The highest BCUT2D eigenvalue weighted by atomic mass is 32.1. The number of thiophene rings is 1. The quantitative estimate of drug-likeness (QED) is 0.784. The summed E-state index contributed by atoms with van der Waals surface area (Å²) in [5.41, 5.74) is 0.816. The number of carboxylic acids is 1. The van der Waals surface area contributed by atoms with E-state index in [-0.39, 0.29) is 13.2 Å². The van der Waals surface area contributed by atoms with Crippen LogP contribution >= 0.6 is 11.3 Å². The van der Waals surface area contributed by atoms with Crippen LogP contribution in [0.1, 0.15) is 5.56 Å². The van der Waals surface area contributed by atoms with Crippen LogP contribution in [0.3, 0.4) is 0 Å². The summed E-state index contributed by atoms with van der Waals surface area (Å²) < 4.78 is 13.0. The fourth-order valence-electron chi connectivity index (χ4n) is 2.49. The van der Waals surface area contributed by atoms with E-state index in [2.05, 4.69) is 0 Å². The lowest BCUT2D eigenvalue weighted by molar-refractivity contribution is -0.136. The molecule has 0 atom stereocenters. The number of carbonyl (C=O) groups is 1. The van der Waals surface area contributed by atoms with Crippen molar-refractivity contribution in [2.24, 2.45) is 0 Å². The summed E-state index contributed by atoms with van der Waals surface area (Å²) in [5.74, 6) is 0.730. The van der Waals surface area contributed by atoms with Crippen molar-refractivity contribution in [1.82, 2.24) is 0 Å². The minimum Gasteiger partial charge on any atom is -0.481 e. The second-order valence-corrected chi connectivity index (χ2v) is 5.79. The molecule has 2 heterocycles. The Morgan fingerprint density at radius 2 is 1.85 bits per heavy atom. The van der Waals surface area contributed by atoms with Crippen LogP contribution in [-0.2, 0) is 11.2 Å². The van der Waals surface area contributed by atoms with E-state index in [1.807, 2.05) is 30.3 Å². The number of aliphatic carboxylic acids is 1. The Kier molecular flexibility index (Phi) is 2.37. The molecular formula is C15H10O4S. The van der Waals surface area contributed by atoms with Crippen molar-refractivity contribution in [2.75, 3.05) is 6.79 Å². The molecule has 2 aromatic carbocycles. The van der Waals surface area contributed by atoms with Gasteiger partial charge in [-0.1, -0.05) is 12.1 Å². The zero-order chi connectivity index (χ0) is 13.7. The summed E-state index contributed by atoms with van der Waals surface area (Å²) in [6.45, 7) is 0.271. The van der Waals surface area contributed by atoms with Gasteiger partial charge in [0.15, 0.2) is 11.5 Å². The molecule has 0 saturated carbocycles. The Bertz CT molecular complexity index is 850. The first kappa shape index (κ1) is 11.5. The summed E-state index contributed by atoms with van der Waals surface area (Å²) in [6.07, 6.45) is 0.0485. The Hall–Kier alpha value is -2.27. The molecule has 1 aromatic heterocycles. The van der Waals surface area contributed by atoms with Crippen LogP contribution in [0.2, 0.25) is 0 Å². The van der Waals surface area contributed by atoms with E-state index in [0.29, 0.717) is 0 Å². The van der Waals surface area contributed by atoms with Crippen molar-refractivity contribution in [2.45, 2.75) is 6.42 Å². The van der Waals surface area contributed by atoms with Gasteiger partial charge in [0.05, 0.1) is 6.42 Å². The van der Waals surface area contributed by atoms with Gasteiger partial charge in [-0.3, -0.25) is 4.79 Å². The number of ether oxygens (including phenoxy) is 2. The third-order valence-electron chi connectivity index (χ3n) is 3.39. The van der Waals surface area contributed by atoms with Gasteiger partial charge < -0.3 is 14.6 Å². The molecule has 1 N–H and O–H groups in total. The molecule has 0 unspecified atom stereocenters. The van der Waals surface area contributed by atoms with Gasteiger partial charge in [0.2, 0.25) is 6.79 Å². The van der Waals surface area contributed by atoms with Gasteiger partial charge >= 0.3 is 5.97 Å². The lowest BCUT2D eigenvalue weighted by atomic mass is 10.1. The number of rotatable bonds is 2. The number of fused-ring (bicyclic) bond motifs is 4. The number of benzene rings is 2. The predicted molar refractivity (Wildman–Crippen MR) is 76.8 cm³/mol. The van der Waals surface area contributed by atoms with Crippen molar-refractivity contribution in [1.29, 1.82) is 0 Å². The SMILES string of the molecule is O=C(O)Cc1ccc2c(c1)sc1cc3c(cc12)OCO3. The molecule has 0 saturated heterocycles. The van der Waals surface area contributed by atoms with E-state index in [0.717, 1.165) is 37.2 Å². The molecule has 0 aliphatic carbocycles. The first-order valence-electron chi connectivity index (χ1n) is 6.17. The van der Waals surface area contributed by atoms with Crippen LogP contribution in [0.15, 0.2) is 30.3 Å². The third-order valence-corrected chi connectivity index (χ3v) is 4.50. The molecule has 100 valence electrons. The molecule has 3 aromatic rings. The normalized spacial score (nSPS) is 13.2. The van der Waals surface area contributed by atoms with Crippen LogP contribution in [0, 0.1) is 0 Å². The zero-order valence-electron chi connectivity index (χ0n) is 10.4. The Balaban J connectivity index is 1.93. The molecule has 0 amide bonds. The van der Waals surface area contributed by atoms with Crippen LogP contribution in [-0.4, -0.2) is 17.9 Å². The van der Waals surface area contributed by atoms with E-state index in [1.165, 1.54) is 0 Å². The molecule has 0 bridgehead atoms. The highest BCUT2D eigenvalue weighted by Crippen LogP contribution is 2.42. The molecular weight excluding hydrogens is 276 g/mol. The average molecular weight is 286 g/mol. The molecule has 4 nitrogen and oxygen atoms in total. The summed E-state index contributed by atoms with van der Waals surface area (Å²) >= 11 is 1.64. The molecule has 0 fully saturated rings. The minimum atomic E-state index is -0.814. The highest BCUT2D eigenvalue weighted by Gasteiger charge is 2.17. The monoisotopic (exact) mass is 286 g/mol. The molecule has 0 spiro atoms. The Morgan fingerprint density at radius 1 is 1.10 bits per heavy atom. The van der Waals surface area contributed by atoms with Crippen molar-refractivity contribution in [3.8, 4) is 11.5 Å². The fourth-order valence-corrected chi connectivity index (χ4v) is 3.67. The van der Waals surface area contributed by atoms with Crippen LogP contribution in [0.25, 0.3) is 20.2 Å². The molecule has 4 rings (SSSR count).